The van der Waals surface area contributed by atoms with Gasteiger partial charge in [-0.1, -0.05) is 63.0 Å². The number of rotatable bonds is 6. The third kappa shape index (κ3) is 4.08. The monoisotopic (exact) mass is 238 g/mol. The number of hydrogen-bond donors (Lipinski definition) is 0. The van der Waals surface area contributed by atoms with Gasteiger partial charge in [-0.05, 0) is 32.1 Å². The van der Waals surface area contributed by atoms with E-state index < -0.39 is 8.07 Å². The molecule has 0 atom stereocenters. The van der Waals surface area contributed by atoms with E-state index in [0.29, 0.717) is 0 Å². The van der Waals surface area contributed by atoms with Crippen LogP contribution in [0, 0.1) is 0 Å². The van der Waals surface area contributed by atoms with Crippen molar-refractivity contribution in [3.63, 3.8) is 0 Å². The lowest BCUT2D eigenvalue weighted by Crippen LogP contribution is -2.30. The predicted octanol–water partition coefficient (Wildman–Crippen LogP) is 5.78. The third-order valence-electron chi connectivity index (χ3n) is 4.85. The summed E-state index contributed by atoms with van der Waals surface area (Å²) in [5.74, 6) is 0. The van der Waals surface area contributed by atoms with Crippen molar-refractivity contribution < 1.29 is 0 Å². The quantitative estimate of drug-likeness (QED) is 0.407. The Morgan fingerprint density at radius 1 is 0.938 bits per heavy atom. The molecule has 0 radical (unpaired) electrons. The molecule has 0 spiro atoms. The van der Waals surface area contributed by atoms with Crippen LogP contribution in [0.2, 0.25) is 24.2 Å². The van der Waals surface area contributed by atoms with Gasteiger partial charge in [0.1, 0.15) is 0 Å². The molecule has 1 fully saturated rings. The molecule has 1 heteroatoms. The molecule has 1 aliphatic carbocycles. The number of hydrogen-bond acceptors (Lipinski definition) is 0. The Morgan fingerprint density at radius 3 is 2.00 bits per heavy atom. The van der Waals surface area contributed by atoms with Gasteiger partial charge in [-0.3, -0.25) is 0 Å². The molecule has 16 heavy (non-hydrogen) atoms. The first-order valence-electron chi connectivity index (χ1n) is 7.44. The van der Waals surface area contributed by atoms with Crippen LogP contribution < -0.4 is 0 Å². The highest BCUT2D eigenvalue weighted by atomic mass is 28.3. The van der Waals surface area contributed by atoms with Crippen LogP contribution in [0.25, 0.3) is 0 Å². The molecule has 0 aliphatic heterocycles. The van der Waals surface area contributed by atoms with Crippen LogP contribution in [0.5, 0.6) is 0 Å². The third-order valence-corrected chi connectivity index (χ3v) is 10.7. The summed E-state index contributed by atoms with van der Waals surface area (Å²) in [4.78, 5) is 0. The molecular weight excluding hydrogens is 208 g/mol. The molecule has 1 saturated carbocycles. The first-order chi connectivity index (χ1) is 7.76. The van der Waals surface area contributed by atoms with E-state index in [1.807, 2.05) is 0 Å². The zero-order valence-electron chi connectivity index (χ0n) is 11.6. The summed E-state index contributed by atoms with van der Waals surface area (Å²) in [5.41, 5.74) is 1.78. The molecule has 0 saturated heterocycles. The van der Waals surface area contributed by atoms with E-state index in [4.69, 9.17) is 0 Å². The highest BCUT2D eigenvalue weighted by molar-refractivity contribution is 6.79. The molecule has 0 bridgehead atoms. The van der Waals surface area contributed by atoms with Crippen molar-refractivity contribution in [3.05, 3.63) is 11.6 Å². The summed E-state index contributed by atoms with van der Waals surface area (Å²) in [5, 5.41) is 0. The maximum atomic E-state index is 2.60. The van der Waals surface area contributed by atoms with Crippen molar-refractivity contribution in [2.45, 2.75) is 83.5 Å². The second-order valence-electron chi connectivity index (χ2n) is 5.52. The van der Waals surface area contributed by atoms with Gasteiger partial charge in [-0.15, -0.1) is 0 Å². The summed E-state index contributed by atoms with van der Waals surface area (Å²) >= 11 is 0. The van der Waals surface area contributed by atoms with Crippen LogP contribution in [-0.4, -0.2) is 8.07 Å². The van der Waals surface area contributed by atoms with Gasteiger partial charge >= 0.3 is 0 Å². The summed E-state index contributed by atoms with van der Waals surface area (Å²) in [7, 11) is -0.847. The van der Waals surface area contributed by atoms with Gasteiger partial charge in [0.05, 0.1) is 8.07 Å². The van der Waals surface area contributed by atoms with E-state index >= 15 is 0 Å². The Hall–Kier alpha value is -0.0431. The van der Waals surface area contributed by atoms with Crippen molar-refractivity contribution in [1.29, 1.82) is 0 Å². The molecule has 0 aromatic heterocycles. The Morgan fingerprint density at radius 2 is 1.50 bits per heavy atom. The minimum atomic E-state index is -0.847. The van der Waals surface area contributed by atoms with Gasteiger partial charge in [0.15, 0.2) is 0 Å². The molecule has 0 aromatic carbocycles. The molecule has 0 heterocycles. The van der Waals surface area contributed by atoms with Crippen molar-refractivity contribution in [2.24, 2.45) is 0 Å². The fourth-order valence-electron chi connectivity index (χ4n) is 3.07. The fourth-order valence-corrected chi connectivity index (χ4v) is 6.39. The summed E-state index contributed by atoms with van der Waals surface area (Å²) in [6.07, 6.45) is 11.2. The standard InChI is InChI=1S/C15H30Si/c1-4-16(5-2,6-3)14-10-13-15-11-8-7-9-12-15/h13H,4-12,14H2,1-3H3. The van der Waals surface area contributed by atoms with Crippen molar-refractivity contribution in [3.8, 4) is 0 Å². The lowest BCUT2D eigenvalue weighted by Gasteiger charge is -2.27. The van der Waals surface area contributed by atoms with E-state index in [1.165, 1.54) is 56.7 Å². The predicted molar refractivity (Wildman–Crippen MR) is 77.8 cm³/mol. The zero-order chi connectivity index (χ0) is 11.9. The Kier molecular flexibility index (Phi) is 6.41. The van der Waals surface area contributed by atoms with Crippen LogP contribution >= 0.6 is 0 Å². The lowest BCUT2D eigenvalue weighted by molar-refractivity contribution is 0.596. The molecule has 0 N–H and O–H groups in total. The van der Waals surface area contributed by atoms with Crippen LogP contribution in [0.1, 0.15) is 59.3 Å². The zero-order valence-corrected chi connectivity index (χ0v) is 12.6. The van der Waals surface area contributed by atoms with Gasteiger partial charge in [-0.2, -0.15) is 0 Å². The average molecular weight is 238 g/mol. The van der Waals surface area contributed by atoms with Gasteiger partial charge in [-0.25, -0.2) is 0 Å². The van der Waals surface area contributed by atoms with E-state index in [9.17, 15) is 0 Å². The van der Waals surface area contributed by atoms with Gasteiger partial charge in [0.25, 0.3) is 0 Å². The SMILES string of the molecule is CC[Si](CC)(CC)CCC=C1CCCCC1. The normalized spacial score (nSPS) is 17.6. The fraction of sp³-hybridized carbons (Fsp3) is 0.867. The van der Waals surface area contributed by atoms with Crippen LogP contribution in [0.15, 0.2) is 11.6 Å². The van der Waals surface area contributed by atoms with Gasteiger partial charge in [0, 0.05) is 0 Å². The molecule has 0 unspecified atom stereocenters. The van der Waals surface area contributed by atoms with Crippen LogP contribution in [-0.2, 0) is 0 Å². The summed E-state index contributed by atoms with van der Waals surface area (Å²) < 4.78 is 0. The Bertz CT molecular complexity index is 197. The highest BCUT2D eigenvalue weighted by Crippen LogP contribution is 2.28. The molecule has 0 nitrogen and oxygen atoms in total. The van der Waals surface area contributed by atoms with Crippen molar-refractivity contribution in [1.82, 2.24) is 0 Å². The largest absolute Gasteiger partial charge is 0.0856 e. The first kappa shape index (κ1) is 14.0. The highest BCUT2D eigenvalue weighted by Gasteiger charge is 2.25. The van der Waals surface area contributed by atoms with E-state index in [2.05, 4.69) is 26.8 Å². The smallest absolute Gasteiger partial charge is 0.0530 e. The molecule has 94 valence electrons. The Balaban J connectivity index is 2.37. The second-order valence-corrected chi connectivity index (χ2v) is 11.1. The van der Waals surface area contributed by atoms with E-state index in [0.717, 1.165) is 0 Å². The molecular formula is C15H30Si. The lowest BCUT2D eigenvalue weighted by atomic mass is 9.94. The van der Waals surface area contributed by atoms with Gasteiger partial charge in [0.2, 0.25) is 0 Å². The number of allylic oxidation sites excluding steroid dienone is 2. The van der Waals surface area contributed by atoms with Crippen LogP contribution in [0.4, 0.5) is 0 Å². The van der Waals surface area contributed by atoms with Gasteiger partial charge < -0.3 is 0 Å². The summed E-state index contributed by atoms with van der Waals surface area (Å²) in [6.45, 7) is 7.27. The second kappa shape index (κ2) is 7.32. The molecule has 0 aromatic rings. The first-order valence-corrected chi connectivity index (χ1v) is 10.3. The van der Waals surface area contributed by atoms with Crippen molar-refractivity contribution in [2.75, 3.05) is 0 Å². The van der Waals surface area contributed by atoms with Crippen LogP contribution in [0.3, 0.4) is 0 Å². The maximum Gasteiger partial charge on any atom is 0.0530 e. The van der Waals surface area contributed by atoms with E-state index in [-0.39, 0.29) is 0 Å². The minimum absolute atomic E-state index is 0.847. The molecule has 1 aliphatic rings. The molecule has 1 rings (SSSR count). The minimum Gasteiger partial charge on any atom is -0.0856 e. The molecule has 0 amide bonds. The summed E-state index contributed by atoms with van der Waals surface area (Å²) in [6, 6.07) is 6.01. The van der Waals surface area contributed by atoms with E-state index in [1.54, 1.807) is 11.6 Å². The van der Waals surface area contributed by atoms with Crippen molar-refractivity contribution >= 4 is 8.07 Å². The Labute approximate surface area is 104 Å². The average Bonchev–Trinajstić information content (AvgIpc) is 2.37. The maximum absolute atomic E-state index is 2.60. The topological polar surface area (TPSA) is 0 Å².